The van der Waals surface area contributed by atoms with Gasteiger partial charge in [0.05, 0.1) is 33.9 Å². The molecule has 1 aromatic carbocycles. The van der Waals surface area contributed by atoms with Crippen molar-refractivity contribution >= 4 is 21.7 Å². The van der Waals surface area contributed by atoms with E-state index in [1.165, 1.54) is 37.3 Å². The maximum atomic E-state index is 13.9. The molecule has 1 aromatic heterocycles. The molecule has 3 rings (SSSR count). The highest BCUT2D eigenvalue weighted by Crippen LogP contribution is 2.42. The topological polar surface area (TPSA) is 128 Å². The molecule has 33 heavy (non-hydrogen) atoms. The number of rotatable bonds is 7. The third-order valence-corrected chi connectivity index (χ3v) is 7.89. The third-order valence-electron chi connectivity index (χ3n) is 5.66. The number of ether oxygens (including phenoxy) is 1. The van der Waals surface area contributed by atoms with Crippen LogP contribution in [-0.2, 0) is 36.9 Å². The van der Waals surface area contributed by atoms with E-state index in [9.17, 15) is 36.3 Å². The molecule has 0 unspecified atom stereocenters. The summed E-state index contributed by atoms with van der Waals surface area (Å²) < 4.78 is 74.2. The van der Waals surface area contributed by atoms with Gasteiger partial charge in [-0.25, -0.2) is 8.42 Å². The fourth-order valence-electron chi connectivity index (χ4n) is 3.91. The second kappa shape index (κ2) is 9.14. The number of aliphatic carboxylic acids is 1. The van der Waals surface area contributed by atoms with Crippen LogP contribution in [0.5, 0.6) is 0 Å². The summed E-state index contributed by atoms with van der Waals surface area (Å²) in [6.45, 7) is -0.137. The smallest absolute Gasteiger partial charge is 0.417 e. The van der Waals surface area contributed by atoms with Crippen LogP contribution < -0.4 is 5.32 Å². The van der Waals surface area contributed by atoms with Crippen LogP contribution in [0.25, 0.3) is 11.1 Å². The molecule has 0 bridgehead atoms. The van der Waals surface area contributed by atoms with Crippen molar-refractivity contribution in [1.82, 2.24) is 15.1 Å². The number of carbonyl (C=O) groups is 2. The van der Waals surface area contributed by atoms with Crippen molar-refractivity contribution in [2.45, 2.75) is 41.8 Å². The lowest BCUT2D eigenvalue weighted by Gasteiger charge is -2.18. The molecular weight excluding hydrogens is 467 g/mol. The van der Waals surface area contributed by atoms with Crippen LogP contribution in [0.15, 0.2) is 35.5 Å². The quantitative estimate of drug-likeness (QED) is 0.609. The highest BCUT2D eigenvalue weighted by Gasteiger charge is 2.47. The maximum Gasteiger partial charge on any atom is 0.417 e. The van der Waals surface area contributed by atoms with Crippen LogP contribution in [0.1, 0.15) is 18.4 Å². The number of carboxylic acids is 1. The first-order valence-corrected chi connectivity index (χ1v) is 11.4. The summed E-state index contributed by atoms with van der Waals surface area (Å²) in [4.78, 5) is 22.0. The molecule has 1 fully saturated rings. The van der Waals surface area contributed by atoms with E-state index in [4.69, 9.17) is 4.74 Å². The zero-order chi connectivity index (χ0) is 24.6. The number of hydrogen-bond acceptors (Lipinski definition) is 6. The average Bonchev–Trinajstić information content (AvgIpc) is 3.40. The second-order valence-corrected chi connectivity index (χ2v) is 9.86. The van der Waals surface area contributed by atoms with E-state index in [-0.39, 0.29) is 36.4 Å². The van der Waals surface area contributed by atoms with Crippen LogP contribution in [0.2, 0.25) is 0 Å². The van der Waals surface area contributed by atoms with Gasteiger partial charge in [0.25, 0.3) is 0 Å². The Balaban J connectivity index is 2.00. The molecule has 1 aliphatic carbocycles. The number of sulfone groups is 1. The first kappa shape index (κ1) is 24.7. The third kappa shape index (κ3) is 5.03. The number of halogens is 3. The number of hydrogen-bond donors (Lipinski definition) is 2. The summed E-state index contributed by atoms with van der Waals surface area (Å²) in [6.07, 6.45) is -3.83. The number of methoxy groups -OCH3 is 1. The van der Waals surface area contributed by atoms with Crippen LogP contribution in [-0.4, -0.2) is 60.7 Å². The first-order valence-electron chi connectivity index (χ1n) is 9.82. The van der Waals surface area contributed by atoms with E-state index in [1.54, 1.807) is 0 Å². The van der Waals surface area contributed by atoms with Gasteiger partial charge < -0.3 is 15.2 Å². The SMILES string of the molecule is CNC(=O)Cn1cc(-c2ccc(S(=O)(=O)[C@@H]3C[C@H](OC)[C@@H](C(=O)O)C3)c(C(F)(F)F)c2)cn1. The second-order valence-electron chi connectivity index (χ2n) is 7.67. The van der Waals surface area contributed by atoms with Crippen molar-refractivity contribution in [2.75, 3.05) is 14.2 Å². The van der Waals surface area contributed by atoms with Gasteiger partial charge in [-0.1, -0.05) is 6.07 Å². The Bertz CT molecular complexity index is 1160. The van der Waals surface area contributed by atoms with Crippen LogP contribution in [0.3, 0.4) is 0 Å². The molecule has 1 aliphatic rings. The van der Waals surface area contributed by atoms with Crippen molar-refractivity contribution in [3.8, 4) is 11.1 Å². The Morgan fingerprint density at radius 2 is 1.97 bits per heavy atom. The molecular formula is C20H22F3N3O6S. The molecule has 180 valence electrons. The van der Waals surface area contributed by atoms with Gasteiger partial charge in [-0.15, -0.1) is 0 Å². The summed E-state index contributed by atoms with van der Waals surface area (Å²) in [5.41, 5.74) is -1.03. The number of aromatic nitrogens is 2. The number of carbonyl (C=O) groups excluding carboxylic acids is 1. The molecule has 9 nitrogen and oxygen atoms in total. The Labute approximate surface area is 187 Å². The Morgan fingerprint density at radius 3 is 2.52 bits per heavy atom. The van der Waals surface area contributed by atoms with Crippen molar-refractivity contribution in [3.05, 3.63) is 36.2 Å². The van der Waals surface area contributed by atoms with Gasteiger partial charge in [0.1, 0.15) is 6.54 Å². The number of nitrogens with zero attached hydrogens (tertiary/aromatic N) is 2. The van der Waals surface area contributed by atoms with Gasteiger partial charge in [0, 0.05) is 25.9 Å². The largest absolute Gasteiger partial charge is 0.481 e. The summed E-state index contributed by atoms with van der Waals surface area (Å²) >= 11 is 0. The molecule has 1 amide bonds. The van der Waals surface area contributed by atoms with Crippen molar-refractivity contribution in [1.29, 1.82) is 0 Å². The fraction of sp³-hybridized carbons (Fsp3) is 0.450. The van der Waals surface area contributed by atoms with Gasteiger partial charge in [0.2, 0.25) is 5.91 Å². The van der Waals surface area contributed by atoms with Crippen molar-refractivity contribution < 1.29 is 41.0 Å². The zero-order valence-electron chi connectivity index (χ0n) is 17.7. The fourth-order valence-corrected chi connectivity index (χ4v) is 5.91. The molecule has 13 heteroatoms. The number of carboxylic acid groups (broad SMARTS) is 1. The van der Waals surface area contributed by atoms with Gasteiger partial charge in [-0.3, -0.25) is 14.3 Å². The van der Waals surface area contributed by atoms with E-state index in [0.29, 0.717) is 6.07 Å². The van der Waals surface area contributed by atoms with Gasteiger partial charge in [0.15, 0.2) is 9.84 Å². The molecule has 0 saturated heterocycles. The van der Waals surface area contributed by atoms with E-state index in [2.05, 4.69) is 10.4 Å². The molecule has 2 aromatic rings. The zero-order valence-corrected chi connectivity index (χ0v) is 18.5. The molecule has 2 N–H and O–H groups in total. The number of benzene rings is 1. The van der Waals surface area contributed by atoms with Crippen LogP contribution >= 0.6 is 0 Å². The highest BCUT2D eigenvalue weighted by atomic mass is 32.2. The standard InChI is InChI=1S/C20H22F3N3O6S/c1-24-18(27)10-26-9-12(8-25-26)11-3-4-17(15(5-11)20(21,22)23)33(30,31)13-6-14(19(28)29)16(7-13)32-2/h3-5,8-9,13-14,16H,6-7,10H2,1-2H3,(H,24,27)(H,28,29)/t13-,14-,16-/m0/s1. The highest BCUT2D eigenvalue weighted by molar-refractivity contribution is 7.92. The first-order chi connectivity index (χ1) is 15.4. The molecule has 0 aliphatic heterocycles. The van der Waals surface area contributed by atoms with E-state index < -0.39 is 49.7 Å². The van der Waals surface area contributed by atoms with Gasteiger partial charge in [-0.2, -0.15) is 18.3 Å². The van der Waals surface area contributed by atoms with E-state index >= 15 is 0 Å². The predicted molar refractivity (Wildman–Crippen MR) is 109 cm³/mol. The van der Waals surface area contributed by atoms with Crippen molar-refractivity contribution in [3.63, 3.8) is 0 Å². The number of likely N-dealkylation sites (N-methyl/N-ethyl adjacent to an activating group) is 1. The summed E-state index contributed by atoms with van der Waals surface area (Å²) in [5.74, 6) is -2.75. The lowest BCUT2D eigenvalue weighted by Crippen LogP contribution is -2.24. The number of nitrogens with one attached hydrogen (secondary N) is 1. The minimum absolute atomic E-state index is 0.0639. The molecule has 1 saturated carbocycles. The van der Waals surface area contributed by atoms with E-state index in [0.717, 1.165) is 6.07 Å². The summed E-state index contributed by atoms with van der Waals surface area (Å²) in [5, 5.41) is 14.3. The molecule has 3 atom stereocenters. The minimum Gasteiger partial charge on any atom is -0.481 e. The Kier molecular flexibility index (Phi) is 6.84. The Morgan fingerprint density at radius 1 is 1.27 bits per heavy atom. The Hall–Kier alpha value is -2.93. The summed E-state index contributed by atoms with van der Waals surface area (Å²) in [6, 6.07) is 2.81. The lowest BCUT2D eigenvalue weighted by atomic mass is 10.1. The van der Waals surface area contributed by atoms with E-state index in [1.807, 2.05) is 0 Å². The summed E-state index contributed by atoms with van der Waals surface area (Å²) in [7, 11) is -1.85. The lowest BCUT2D eigenvalue weighted by molar-refractivity contribution is -0.145. The van der Waals surface area contributed by atoms with Crippen molar-refractivity contribution in [2.24, 2.45) is 5.92 Å². The maximum absolute atomic E-state index is 13.9. The van der Waals surface area contributed by atoms with Gasteiger partial charge in [-0.05, 0) is 30.5 Å². The van der Waals surface area contributed by atoms with Gasteiger partial charge >= 0.3 is 12.1 Å². The molecule has 0 spiro atoms. The van der Waals surface area contributed by atoms with Crippen LogP contribution in [0, 0.1) is 5.92 Å². The predicted octanol–water partition coefficient (Wildman–Crippen LogP) is 1.97. The normalized spacial score (nSPS) is 21.2. The molecule has 1 heterocycles. The molecule has 0 radical (unpaired) electrons. The van der Waals surface area contributed by atoms with Crippen LogP contribution in [0.4, 0.5) is 13.2 Å². The monoisotopic (exact) mass is 489 g/mol. The number of amides is 1. The number of alkyl halides is 3. The minimum atomic E-state index is -4.98. The average molecular weight is 489 g/mol.